The Morgan fingerprint density at radius 3 is 2.31 bits per heavy atom. The first-order valence-electron chi connectivity index (χ1n) is 8.90. The summed E-state index contributed by atoms with van der Waals surface area (Å²) in [7, 11) is 1.61. The largest absolute Gasteiger partial charge is 0.497 e. The Morgan fingerprint density at radius 1 is 0.931 bits per heavy atom. The number of halogens is 1. The first kappa shape index (κ1) is 20.1. The zero-order chi connectivity index (χ0) is 20.5. The molecule has 0 aliphatic carbocycles. The topological polar surface area (TPSA) is 82.6 Å². The summed E-state index contributed by atoms with van der Waals surface area (Å²) < 4.78 is 28.7. The maximum absolute atomic E-state index is 12.8. The molecular weight excluding hydrogens is 377 g/mol. The predicted molar refractivity (Wildman–Crippen MR) is 104 cm³/mol. The molecule has 8 heteroatoms. The van der Waals surface area contributed by atoms with Crippen molar-refractivity contribution in [3.8, 4) is 28.6 Å². The molecule has 2 aromatic carbocycles. The van der Waals surface area contributed by atoms with Gasteiger partial charge >= 0.3 is 0 Å². The molecule has 150 valence electrons. The summed E-state index contributed by atoms with van der Waals surface area (Å²) in [4.78, 5) is 11.7. The molecule has 1 aromatic heterocycles. The Bertz CT molecular complexity index is 916. The van der Waals surface area contributed by atoms with E-state index in [0.717, 1.165) is 11.3 Å². The van der Waals surface area contributed by atoms with Gasteiger partial charge in [0.25, 0.3) is 5.91 Å². The molecular formula is C21H20FN3O4. The van der Waals surface area contributed by atoms with Crippen molar-refractivity contribution in [3.05, 3.63) is 66.5 Å². The minimum absolute atomic E-state index is 0.165. The predicted octanol–water partition coefficient (Wildman–Crippen LogP) is 2.87. The fraction of sp³-hybridized carbons (Fsp3) is 0.190. The number of ether oxygens (including phenoxy) is 3. The molecule has 0 unspecified atom stereocenters. The van der Waals surface area contributed by atoms with Crippen LogP contribution in [0.3, 0.4) is 0 Å². The van der Waals surface area contributed by atoms with Gasteiger partial charge in [0.2, 0.25) is 5.88 Å². The number of carbonyl (C=O) groups excluding carboxylic acids is 1. The van der Waals surface area contributed by atoms with Crippen LogP contribution in [0.15, 0.2) is 60.7 Å². The number of nitrogens with one attached hydrogen (secondary N) is 1. The van der Waals surface area contributed by atoms with E-state index in [1.807, 2.05) is 24.3 Å². The molecule has 1 N–H and O–H groups in total. The van der Waals surface area contributed by atoms with Crippen molar-refractivity contribution in [2.75, 3.05) is 26.9 Å². The second-order valence-electron chi connectivity index (χ2n) is 5.93. The molecule has 0 radical (unpaired) electrons. The van der Waals surface area contributed by atoms with Crippen molar-refractivity contribution in [2.24, 2.45) is 0 Å². The number of rotatable bonds is 9. The van der Waals surface area contributed by atoms with Gasteiger partial charge in [-0.25, -0.2) is 4.39 Å². The van der Waals surface area contributed by atoms with Crippen LogP contribution >= 0.6 is 0 Å². The van der Waals surface area contributed by atoms with Gasteiger partial charge in [-0.2, -0.15) is 0 Å². The average molecular weight is 397 g/mol. The maximum Gasteiger partial charge on any atom is 0.258 e. The summed E-state index contributed by atoms with van der Waals surface area (Å²) >= 11 is 0. The van der Waals surface area contributed by atoms with Crippen LogP contribution in [0.1, 0.15) is 0 Å². The number of aromatic nitrogens is 2. The van der Waals surface area contributed by atoms with E-state index in [1.165, 1.54) is 24.3 Å². The van der Waals surface area contributed by atoms with Crippen LogP contribution in [0.2, 0.25) is 0 Å². The first-order chi connectivity index (χ1) is 14.1. The summed E-state index contributed by atoms with van der Waals surface area (Å²) in [5.74, 6) is 0.883. The van der Waals surface area contributed by atoms with E-state index in [1.54, 1.807) is 19.2 Å². The minimum Gasteiger partial charge on any atom is -0.497 e. The minimum atomic E-state index is -0.362. The molecule has 7 nitrogen and oxygen atoms in total. The number of hydrogen-bond donors (Lipinski definition) is 1. The van der Waals surface area contributed by atoms with Crippen LogP contribution in [-0.4, -0.2) is 43.0 Å². The molecule has 0 bridgehead atoms. The Labute approximate surface area is 167 Å². The molecule has 3 rings (SSSR count). The molecule has 1 amide bonds. The Morgan fingerprint density at radius 2 is 1.66 bits per heavy atom. The van der Waals surface area contributed by atoms with Crippen LogP contribution in [-0.2, 0) is 4.79 Å². The summed E-state index contributed by atoms with van der Waals surface area (Å²) in [6.45, 7) is 0.356. The lowest BCUT2D eigenvalue weighted by Crippen LogP contribution is -2.32. The van der Waals surface area contributed by atoms with Crippen LogP contribution in [0, 0.1) is 5.82 Å². The lowest BCUT2D eigenvalue weighted by Gasteiger charge is -2.08. The molecule has 0 fully saturated rings. The third kappa shape index (κ3) is 6.17. The van der Waals surface area contributed by atoms with Gasteiger partial charge in [0.05, 0.1) is 19.3 Å². The summed E-state index contributed by atoms with van der Waals surface area (Å²) in [5, 5.41) is 10.8. The van der Waals surface area contributed by atoms with Crippen molar-refractivity contribution in [3.63, 3.8) is 0 Å². The maximum atomic E-state index is 12.8. The van der Waals surface area contributed by atoms with E-state index < -0.39 is 0 Å². The standard InChI is InChI=1S/C21H20FN3O4/c1-27-17-6-2-15(3-7-17)19-10-11-21(25-24-19)28-13-12-23-20(26)14-29-18-8-4-16(22)5-9-18/h2-11H,12-14H2,1H3,(H,23,26). The quantitative estimate of drug-likeness (QED) is 0.559. The van der Waals surface area contributed by atoms with Crippen LogP contribution in [0.4, 0.5) is 4.39 Å². The van der Waals surface area contributed by atoms with Gasteiger partial charge in [0.15, 0.2) is 6.61 Å². The first-order valence-corrected chi connectivity index (χ1v) is 8.90. The molecule has 0 aliphatic heterocycles. The molecule has 3 aromatic rings. The molecule has 0 aliphatic rings. The monoisotopic (exact) mass is 397 g/mol. The summed E-state index contributed by atoms with van der Waals surface area (Å²) in [6.07, 6.45) is 0. The molecule has 0 saturated heterocycles. The van der Waals surface area contributed by atoms with E-state index in [9.17, 15) is 9.18 Å². The third-order valence-electron chi connectivity index (χ3n) is 3.88. The SMILES string of the molecule is COc1ccc(-c2ccc(OCCNC(=O)COc3ccc(F)cc3)nn2)cc1. The van der Waals surface area contributed by atoms with E-state index in [2.05, 4.69) is 15.5 Å². The highest BCUT2D eigenvalue weighted by Crippen LogP contribution is 2.21. The zero-order valence-electron chi connectivity index (χ0n) is 15.8. The highest BCUT2D eigenvalue weighted by atomic mass is 19.1. The van der Waals surface area contributed by atoms with E-state index >= 15 is 0 Å². The normalized spacial score (nSPS) is 10.3. The number of hydrogen-bond acceptors (Lipinski definition) is 6. The van der Waals surface area contributed by atoms with E-state index in [4.69, 9.17) is 14.2 Å². The van der Waals surface area contributed by atoms with Crippen LogP contribution in [0.5, 0.6) is 17.4 Å². The fourth-order valence-corrected chi connectivity index (χ4v) is 2.39. The average Bonchev–Trinajstić information content (AvgIpc) is 2.77. The molecule has 0 atom stereocenters. The third-order valence-corrected chi connectivity index (χ3v) is 3.88. The number of carbonyl (C=O) groups is 1. The highest BCUT2D eigenvalue weighted by molar-refractivity contribution is 5.77. The lowest BCUT2D eigenvalue weighted by molar-refractivity contribution is -0.123. The van der Waals surface area contributed by atoms with Crippen LogP contribution in [0.25, 0.3) is 11.3 Å². The molecule has 0 spiro atoms. The Hall–Kier alpha value is -3.68. The number of amides is 1. The van der Waals surface area contributed by atoms with Crippen LogP contribution < -0.4 is 19.5 Å². The lowest BCUT2D eigenvalue weighted by atomic mass is 10.1. The van der Waals surface area contributed by atoms with Crippen molar-refractivity contribution in [2.45, 2.75) is 0 Å². The molecule has 29 heavy (non-hydrogen) atoms. The number of methoxy groups -OCH3 is 1. The van der Waals surface area contributed by atoms with Gasteiger partial charge in [-0.05, 0) is 54.6 Å². The number of benzene rings is 2. The Balaban J connectivity index is 1.37. The van der Waals surface area contributed by atoms with Crippen molar-refractivity contribution < 1.29 is 23.4 Å². The molecule has 0 saturated carbocycles. The van der Waals surface area contributed by atoms with Crippen molar-refractivity contribution in [1.29, 1.82) is 0 Å². The van der Waals surface area contributed by atoms with E-state index in [-0.39, 0.29) is 31.5 Å². The van der Waals surface area contributed by atoms with Crippen molar-refractivity contribution in [1.82, 2.24) is 15.5 Å². The van der Waals surface area contributed by atoms with Gasteiger partial charge in [-0.1, -0.05) is 0 Å². The smallest absolute Gasteiger partial charge is 0.258 e. The van der Waals surface area contributed by atoms with Gasteiger partial charge in [0.1, 0.15) is 23.9 Å². The Kier molecular flexibility index (Phi) is 6.94. The second kappa shape index (κ2) is 10.0. The van der Waals surface area contributed by atoms with Gasteiger partial charge in [-0.3, -0.25) is 4.79 Å². The highest BCUT2D eigenvalue weighted by Gasteiger charge is 2.05. The number of nitrogens with zero attached hydrogens (tertiary/aromatic N) is 2. The summed E-state index contributed by atoms with van der Waals surface area (Å²) in [6, 6.07) is 16.5. The van der Waals surface area contributed by atoms with E-state index in [0.29, 0.717) is 17.3 Å². The molecule has 1 heterocycles. The summed E-state index contributed by atoms with van der Waals surface area (Å²) in [5.41, 5.74) is 1.63. The fourth-order valence-electron chi connectivity index (χ4n) is 2.39. The zero-order valence-corrected chi connectivity index (χ0v) is 15.8. The van der Waals surface area contributed by atoms with Gasteiger partial charge in [0, 0.05) is 11.6 Å². The van der Waals surface area contributed by atoms with Gasteiger partial charge < -0.3 is 19.5 Å². The van der Waals surface area contributed by atoms with Crippen molar-refractivity contribution >= 4 is 5.91 Å². The van der Waals surface area contributed by atoms with Gasteiger partial charge in [-0.15, -0.1) is 10.2 Å². The second-order valence-corrected chi connectivity index (χ2v) is 5.93.